The smallest absolute Gasteiger partial charge is 0.369 e. The van der Waals surface area contributed by atoms with Gasteiger partial charge in [0.2, 0.25) is 0 Å². The van der Waals surface area contributed by atoms with Crippen LogP contribution in [0.25, 0.3) is 11.0 Å². The van der Waals surface area contributed by atoms with Crippen molar-refractivity contribution in [3.05, 3.63) is 59.8 Å². The molecule has 1 aliphatic rings. The van der Waals surface area contributed by atoms with E-state index in [2.05, 4.69) is 15.0 Å². The van der Waals surface area contributed by atoms with E-state index in [1.54, 1.807) is 23.1 Å². The number of halogens is 3. The molecule has 0 aliphatic carbocycles. The molecule has 2 aromatic carbocycles. The molecule has 0 unspecified atom stereocenters. The maximum absolute atomic E-state index is 13.6. The molecule has 1 saturated heterocycles. The topological polar surface area (TPSA) is 70.6 Å². The van der Waals surface area contributed by atoms with Crippen molar-refractivity contribution in [2.45, 2.75) is 13.1 Å². The number of rotatable bonds is 2. The van der Waals surface area contributed by atoms with Gasteiger partial charge < -0.3 is 15.5 Å². The number of fused-ring (bicyclic) bond motifs is 1. The minimum absolute atomic E-state index is 0.143. The number of nitrogens with zero attached hydrogens (tertiary/aromatic N) is 5. The molecule has 1 fully saturated rings. The molecule has 9 heteroatoms. The number of benzene rings is 2. The number of hydrogen-bond donors (Lipinski definition) is 1. The fourth-order valence-corrected chi connectivity index (χ4v) is 3.43. The molecule has 4 rings (SSSR count). The SMILES string of the molecule is Cc1ccccc1N=C(N)N1CCN(c2nc3ccccc3nc2C(F)(F)F)CC1. The lowest BCUT2D eigenvalue weighted by molar-refractivity contribution is -0.140. The molecule has 0 atom stereocenters. The van der Waals surface area contributed by atoms with E-state index < -0.39 is 11.9 Å². The van der Waals surface area contributed by atoms with Crippen molar-refractivity contribution < 1.29 is 13.2 Å². The average molecular weight is 414 g/mol. The van der Waals surface area contributed by atoms with Crippen molar-refractivity contribution in [1.29, 1.82) is 0 Å². The van der Waals surface area contributed by atoms with Gasteiger partial charge in [-0.2, -0.15) is 13.2 Å². The Balaban J connectivity index is 1.57. The predicted molar refractivity (Wildman–Crippen MR) is 111 cm³/mol. The molecule has 1 aliphatic heterocycles. The molecule has 0 saturated carbocycles. The first-order chi connectivity index (χ1) is 14.3. The number of guanidine groups is 1. The largest absolute Gasteiger partial charge is 0.437 e. The van der Waals surface area contributed by atoms with E-state index in [0.29, 0.717) is 37.7 Å². The molecular weight excluding hydrogens is 393 g/mol. The van der Waals surface area contributed by atoms with Crippen LogP contribution in [0.5, 0.6) is 0 Å². The Morgan fingerprint density at radius 1 is 0.933 bits per heavy atom. The standard InChI is InChI=1S/C21H21F3N6/c1-14-6-2-3-7-15(14)28-20(25)30-12-10-29(11-13-30)19-18(21(22,23)24)26-16-8-4-5-9-17(16)27-19/h2-9H,10-13H2,1H3,(H2,25,28). The fourth-order valence-electron chi connectivity index (χ4n) is 3.43. The minimum atomic E-state index is -4.59. The van der Waals surface area contributed by atoms with Gasteiger partial charge in [0.05, 0.1) is 16.7 Å². The highest BCUT2D eigenvalue weighted by atomic mass is 19.4. The number of anilines is 1. The number of aromatic nitrogens is 2. The summed E-state index contributed by atoms with van der Waals surface area (Å²) >= 11 is 0. The number of hydrogen-bond acceptors (Lipinski definition) is 4. The van der Waals surface area contributed by atoms with Gasteiger partial charge in [-0.25, -0.2) is 15.0 Å². The summed E-state index contributed by atoms with van der Waals surface area (Å²) < 4.78 is 40.9. The van der Waals surface area contributed by atoms with Gasteiger partial charge in [-0.1, -0.05) is 30.3 Å². The van der Waals surface area contributed by atoms with Crippen LogP contribution in [0.1, 0.15) is 11.3 Å². The zero-order chi connectivity index (χ0) is 21.3. The van der Waals surface area contributed by atoms with Crippen molar-refractivity contribution in [2.24, 2.45) is 10.7 Å². The molecular formula is C21H21F3N6. The number of para-hydroxylation sites is 3. The Morgan fingerprint density at radius 2 is 1.53 bits per heavy atom. The van der Waals surface area contributed by atoms with E-state index in [1.165, 1.54) is 6.07 Å². The summed E-state index contributed by atoms with van der Waals surface area (Å²) in [7, 11) is 0. The van der Waals surface area contributed by atoms with Crippen LogP contribution in [-0.4, -0.2) is 47.0 Å². The first-order valence-corrected chi connectivity index (χ1v) is 9.56. The highest BCUT2D eigenvalue weighted by molar-refractivity contribution is 5.82. The van der Waals surface area contributed by atoms with Crippen molar-refractivity contribution >= 4 is 28.5 Å². The van der Waals surface area contributed by atoms with Gasteiger partial charge in [0.25, 0.3) is 0 Å². The molecule has 156 valence electrons. The van der Waals surface area contributed by atoms with E-state index in [1.807, 2.05) is 36.1 Å². The zero-order valence-electron chi connectivity index (χ0n) is 16.4. The molecule has 0 spiro atoms. The van der Waals surface area contributed by atoms with Crippen LogP contribution in [0.2, 0.25) is 0 Å². The van der Waals surface area contributed by atoms with Crippen molar-refractivity contribution in [3.63, 3.8) is 0 Å². The first kappa shape index (κ1) is 19.9. The highest BCUT2D eigenvalue weighted by Gasteiger charge is 2.39. The van der Waals surface area contributed by atoms with Crippen LogP contribution in [-0.2, 0) is 6.18 Å². The summed E-state index contributed by atoms with van der Waals surface area (Å²) in [6.45, 7) is 3.49. The quantitative estimate of drug-likeness (QED) is 0.511. The van der Waals surface area contributed by atoms with Gasteiger partial charge in [0.1, 0.15) is 0 Å². The van der Waals surface area contributed by atoms with Crippen LogP contribution < -0.4 is 10.6 Å². The summed E-state index contributed by atoms with van der Waals surface area (Å²) in [5.74, 6) is 0.208. The summed E-state index contributed by atoms with van der Waals surface area (Å²) in [6, 6.07) is 14.2. The highest BCUT2D eigenvalue weighted by Crippen LogP contribution is 2.35. The van der Waals surface area contributed by atoms with Gasteiger partial charge >= 0.3 is 6.18 Å². The van der Waals surface area contributed by atoms with Crippen LogP contribution in [0.15, 0.2) is 53.5 Å². The average Bonchev–Trinajstić information content (AvgIpc) is 2.74. The van der Waals surface area contributed by atoms with E-state index in [-0.39, 0.29) is 11.3 Å². The van der Waals surface area contributed by atoms with Gasteiger partial charge in [-0.3, -0.25) is 0 Å². The summed E-state index contributed by atoms with van der Waals surface area (Å²) in [4.78, 5) is 16.1. The third-order valence-electron chi connectivity index (χ3n) is 5.07. The molecule has 2 heterocycles. The van der Waals surface area contributed by atoms with Gasteiger partial charge in [0, 0.05) is 26.2 Å². The Morgan fingerprint density at radius 3 is 2.17 bits per heavy atom. The molecule has 30 heavy (non-hydrogen) atoms. The van der Waals surface area contributed by atoms with E-state index in [0.717, 1.165) is 11.3 Å². The zero-order valence-corrected chi connectivity index (χ0v) is 16.4. The number of piperazine rings is 1. The van der Waals surface area contributed by atoms with Crippen molar-refractivity contribution in [2.75, 3.05) is 31.1 Å². The monoisotopic (exact) mass is 414 g/mol. The Labute approximate surface area is 171 Å². The molecule has 3 aromatic rings. The van der Waals surface area contributed by atoms with Gasteiger partial charge in [0.15, 0.2) is 17.5 Å². The first-order valence-electron chi connectivity index (χ1n) is 9.56. The lowest BCUT2D eigenvalue weighted by Crippen LogP contribution is -2.51. The molecule has 0 radical (unpaired) electrons. The third kappa shape index (κ3) is 4.00. The van der Waals surface area contributed by atoms with Crippen molar-refractivity contribution in [3.8, 4) is 0 Å². The summed E-state index contributed by atoms with van der Waals surface area (Å²) in [6.07, 6.45) is -4.59. The number of aliphatic imine (C=N–C) groups is 1. The maximum Gasteiger partial charge on any atom is 0.437 e. The lowest BCUT2D eigenvalue weighted by Gasteiger charge is -2.36. The number of aryl methyl sites for hydroxylation is 1. The summed E-state index contributed by atoms with van der Waals surface area (Å²) in [5.41, 5.74) is 7.63. The van der Waals surface area contributed by atoms with Crippen LogP contribution in [0.3, 0.4) is 0 Å². The normalized spacial score (nSPS) is 15.7. The van der Waals surface area contributed by atoms with Gasteiger partial charge in [-0.05, 0) is 30.7 Å². The fraction of sp³-hybridized carbons (Fsp3) is 0.286. The van der Waals surface area contributed by atoms with E-state index in [4.69, 9.17) is 5.73 Å². The Bertz CT molecular complexity index is 1090. The molecule has 0 bridgehead atoms. The van der Waals surface area contributed by atoms with Gasteiger partial charge in [-0.15, -0.1) is 0 Å². The van der Waals surface area contributed by atoms with Crippen molar-refractivity contribution in [1.82, 2.24) is 14.9 Å². The molecule has 0 amide bonds. The second kappa shape index (κ2) is 7.81. The van der Waals surface area contributed by atoms with Crippen LogP contribution >= 0.6 is 0 Å². The minimum Gasteiger partial charge on any atom is -0.369 e. The maximum atomic E-state index is 13.6. The number of nitrogens with two attached hydrogens (primary N) is 1. The Hall–Kier alpha value is -3.36. The predicted octanol–water partition coefficient (Wildman–Crippen LogP) is 3.73. The Kier molecular flexibility index (Phi) is 5.19. The van der Waals surface area contributed by atoms with E-state index in [9.17, 15) is 13.2 Å². The second-order valence-electron chi connectivity index (χ2n) is 7.11. The lowest BCUT2D eigenvalue weighted by atomic mass is 10.2. The van der Waals surface area contributed by atoms with Crippen LogP contribution in [0.4, 0.5) is 24.7 Å². The molecule has 2 N–H and O–H groups in total. The molecule has 6 nitrogen and oxygen atoms in total. The molecule has 1 aromatic heterocycles. The third-order valence-corrected chi connectivity index (χ3v) is 5.07. The second-order valence-corrected chi connectivity index (χ2v) is 7.11. The van der Waals surface area contributed by atoms with E-state index >= 15 is 0 Å². The number of alkyl halides is 3. The summed E-state index contributed by atoms with van der Waals surface area (Å²) in [5, 5.41) is 0. The van der Waals surface area contributed by atoms with Crippen LogP contribution in [0, 0.1) is 6.92 Å².